The van der Waals surface area contributed by atoms with Crippen LogP contribution >= 0.6 is 0 Å². The Kier molecular flexibility index (Phi) is 3.35. The summed E-state index contributed by atoms with van der Waals surface area (Å²) in [6, 6.07) is 10.4. The molecule has 0 spiro atoms. The van der Waals surface area contributed by atoms with Crippen LogP contribution in [-0.2, 0) is 6.54 Å². The van der Waals surface area contributed by atoms with E-state index in [-0.39, 0.29) is 0 Å². The number of hydrogen-bond donors (Lipinski definition) is 1. The Hall–Kier alpha value is -1.35. The van der Waals surface area contributed by atoms with Gasteiger partial charge in [-0.05, 0) is 24.9 Å². The van der Waals surface area contributed by atoms with E-state index in [1.54, 1.807) is 0 Å². The van der Waals surface area contributed by atoms with E-state index in [1.807, 2.05) is 6.07 Å². The monoisotopic (exact) mass is 204 g/mol. The van der Waals surface area contributed by atoms with Gasteiger partial charge < -0.3 is 5.21 Å². The summed E-state index contributed by atoms with van der Waals surface area (Å²) < 4.78 is 0. The number of hydrogen-bond acceptors (Lipinski definition) is 3. The number of nitrogens with zero attached hydrogens (tertiary/aromatic N) is 2. The van der Waals surface area contributed by atoms with Crippen molar-refractivity contribution < 1.29 is 5.21 Å². The third-order valence-electron chi connectivity index (χ3n) is 2.74. The first-order valence-electron chi connectivity index (χ1n) is 5.34. The second-order valence-corrected chi connectivity index (χ2v) is 3.97. The Bertz CT molecular complexity index is 335. The van der Waals surface area contributed by atoms with Gasteiger partial charge in [-0.2, -0.15) is 0 Å². The second kappa shape index (κ2) is 4.94. The maximum absolute atomic E-state index is 8.74. The molecule has 80 valence electrons. The molecule has 0 aromatic heterocycles. The lowest BCUT2D eigenvalue weighted by Gasteiger charge is -2.26. The average Bonchev–Trinajstić information content (AvgIpc) is 2.31. The minimum Gasteiger partial charge on any atom is -0.411 e. The highest BCUT2D eigenvalue weighted by Gasteiger charge is 2.15. The van der Waals surface area contributed by atoms with Gasteiger partial charge in [0.25, 0.3) is 0 Å². The maximum atomic E-state index is 8.74. The fourth-order valence-electron chi connectivity index (χ4n) is 1.98. The van der Waals surface area contributed by atoms with Gasteiger partial charge >= 0.3 is 0 Å². The van der Waals surface area contributed by atoms with Gasteiger partial charge in [-0.3, -0.25) is 4.90 Å². The molecule has 3 heteroatoms. The van der Waals surface area contributed by atoms with Crippen LogP contribution in [0.15, 0.2) is 35.5 Å². The zero-order valence-electron chi connectivity index (χ0n) is 8.76. The number of likely N-dealkylation sites (tertiary alicyclic amines) is 1. The van der Waals surface area contributed by atoms with Gasteiger partial charge in [0.1, 0.15) is 0 Å². The third kappa shape index (κ3) is 2.80. The van der Waals surface area contributed by atoms with Crippen molar-refractivity contribution in [3.05, 3.63) is 35.9 Å². The zero-order chi connectivity index (χ0) is 10.5. The van der Waals surface area contributed by atoms with Gasteiger partial charge in [-0.25, -0.2) is 0 Å². The molecule has 1 N–H and O–H groups in total. The van der Waals surface area contributed by atoms with Crippen LogP contribution in [0.25, 0.3) is 0 Å². The minimum absolute atomic E-state index is 0.797. The normalized spacial score (nSPS) is 20.7. The van der Waals surface area contributed by atoms with Gasteiger partial charge in [0.05, 0.1) is 5.71 Å². The SMILES string of the molecule is O/N=C1\CCCN(Cc2ccccc2)C1. The summed E-state index contributed by atoms with van der Waals surface area (Å²) in [5.41, 5.74) is 2.22. The highest BCUT2D eigenvalue weighted by atomic mass is 16.4. The molecule has 15 heavy (non-hydrogen) atoms. The van der Waals surface area contributed by atoms with E-state index in [0.717, 1.165) is 38.2 Å². The molecule has 1 aromatic carbocycles. The lowest BCUT2D eigenvalue weighted by Crippen LogP contribution is -2.35. The van der Waals surface area contributed by atoms with Crippen LogP contribution in [0.5, 0.6) is 0 Å². The van der Waals surface area contributed by atoms with E-state index in [2.05, 4.69) is 34.3 Å². The van der Waals surface area contributed by atoms with E-state index < -0.39 is 0 Å². The molecule has 0 saturated carbocycles. The predicted octanol–water partition coefficient (Wildman–Crippen LogP) is 2.11. The largest absolute Gasteiger partial charge is 0.411 e. The van der Waals surface area contributed by atoms with Crippen molar-refractivity contribution in [2.24, 2.45) is 5.16 Å². The third-order valence-corrected chi connectivity index (χ3v) is 2.74. The van der Waals surface area contributed by atoms with Gasteiger partial charge in [0.2, 0.25) is 0 Å². The van der Waals surface area contributed by atoms with Crippen LogP contribution in [0.1, 0.15) is 18.4 Å². The first-order valence-corrected chi connectivity index (χ1v) is 5.34. The fraction of sp³-hybridized carbons (Fsp3) is 0.417. The molecule has 0 radical (unpaired) electrons. The summed E-state index contributed by atoms with van der Waals surface area (Å²) in [5, 5.41) is 12.1. The fourth-order valence-corrected chi connectivity index (χ4v) is 1.98. The highest BCUT2D eigenvalue weighted by Crippen LogP contribution is 2.11. The quantitative estimate of drug-likeness (QED) is 0.591. The summed E-state index contributed by atoms with van der Waals surface area (Å²) in [4.78, 5) is 2.31. The molecule has 1 fully saturated rings. The first kappa shape index (κ1) is 10.2. The van der Waals surface area contributed by atoms with Gasteiger partial charge in [-0.15, -0.1) is 0 Å². The van der Waals surface area contributed by atoms with Crippen LogP contribution in [-0.4, -0.2) is 28.9 Å². The lowest BCUT2D eigenvalue weighted by atomic mass is 10.1. The van der Waals surface area contributed by atoms with Crippen molar-refractivity contribution in [1.82, 2.24) is 4.90 Å². The van der Waals surface area contributed by atoms with Gasteiger partial charge in [-0.1, -0.05) is 35.5 Å². The van der Waals surface area contributed by atoms with Crippen molar-refractivity contribution in [2.75, 3.05) is 13.1 Å². The molecule has 0 aliphatic carbocycles. The molecule has 0 amide bonds. The van der Waals surface area contributed by atoms with Crippen LogP contribution < -0.4 is 0 Å². The molecule has 1 saturated heterocycles. The molecule has 2 rings (SSSR count). The smallest absolute Gasteiger partial charge is 0.0711 e. The van der Waals surface area contributed by atoms with Crippen molar-refractivity contribution in [2.45, 2.75) is 19.4 Å². The van der Waals surface area contributed by atoms with Crippen molar-refractivity contribution in [3.8, 4) is 0 Å². The van der Waals surface area contributed by atoms with Crippen molar-refractivity contribution in [1.29, 1.82) is 0 Å². The molecule has 1 aliphatic rings. The summed E-state index contributed by atoms with van der Waals surface area (Å²) in [6.07, 6.45) is 2.02. The zero-order valence-corrected chi connectivity index (χ0v) is 8.76. The van der Waals surface area contributed by atoms with Gasteiger partial charge in [0.15, 0.2) is 0 Å². The maximum Gasteiger partial charge on any atom is 0.0711 e. The van der Waals surface area contributed by atoms with Crippen LogP contribution in [0, 0.1) is 0 Å². The Morgan fingerprint density at radius 3 is 2.80 bits per heavy atom. The summed E-state index contributed by atoms with van der Waals surface area (Å²) in [6.45, 7) is 2.83. The topological polar surface area (TPSA) is 35.8 Å². The molecule has 3 nitrogen and oxygen atoms in total. The van der Waals surface area contributed by atoms with E-state index in [0.29, 0.717) is 0 Å². The van der Waals surface area contributed by atoms with E-state index in [1.165, 1.54) is 5.56 Å². The second-order valence-electron chi connectivity index (χ2n) is 3.97. The molecule has 0 unspecified atom stereocenters. The van der Waals surface area contributed by atoms with E-state index in [4.69, 9.17) is 5.21 Å². The Morgan fingerprint density at radius 1 is 1.27 bits per heavy atom. The number of piperidine rings is 1. The van der Waals surface area contributed by atoms with Crippen LogP contribution in [0.4, 0.5) is 0 Å². The number of oxime groups is 1. The lowest BCUT2D eigenvalue weighted by molar-refractivity contribution is 0.266. The first-order chi connectivity index (χ1) is 7.38. The molecular weight excluding hydrogens is 188 g/mol. The Labute approximate surface area is 90.0 Å². The van der Waals surface area contributed by atoms with Crippen LogP contribution in [0.3, 0.4) is 0 Å². The summed E-state index contributed by atoms with van der Waals surface area (Å²) >= 11 is 0. The Morgan fingerprint density at radius 2 is 2.07 bits per heavy atom. The number of benzene rings is 1. The predicted molar refractivity (Wildman–Crippen MR) is 60.2 cm³/mol. The average molecular weight is 204 g/mol. The van der Waals surface area contributed by atoms with Crippen LogP contribution in [0.2, 0.25) is 0 Å². The molecule has 1 aromatic rings. The standard InChI is InChI=1S/C12H16N2O/c15-13-12-7-4-8-14(10-12)9-11-5-2-1-3-6-11/h1-3,5-6,15H,4,7-10H2/b13-12+. The van der Waals surface area contributed by atoms with Gasteiger partial charge in [0, 0.05) is 13.1 Å². The molecule has 0 atom stereocenters. The molecule has 1 heterocycles. The van der Waals surface area contributed by atoms with Crippen molar-refractivity contribution >= 4 is 5.71 Å². The summed E-state index contributed by atoms with van der Waals surface area (Å²) in [7, 11) is 0. The highest BCUT2D eigenvalue weighted by molar-refractivity contribution is 5.86. The van der Waals surface area contributed by atoms with Crippen molar-refractivity contribution in [3.63, 3.8) is 0 Å². The Balaban J connectivity index is 1.95. The van der Waals surface area contributed by atoms with E-state index >= 15 is 0 Å². The molecule has 1 aliphatic heterocycles. The number of rotatable bonds is 2. The van der Waals surface area contributed by atoms with E-state index in [9.17, 15) is 0 Å². The molecular formula is C12H16N2O. The summed E-state index contributed by atoms with van der Waals surface area (Å²) in [5.74, 6) is 0. The molecule has 0 bridgehead atoms. The minimum atomic E-state index is 0.797.